The molecule has 1 N–H and O–H groups in total. The average molecular weight is 373 g/mol. The highest BCUT2D eigenvalue weighted by Crippen LogP contribution is 2.28. The van der Waals surface area contributed by atoms with Crippen molar-refractivity contribution < 1.29 is 4.74 Å². The number of fused-ring (bicyclic) bond motifs is 1. The molecule has 4 rings (SSSR count). The predicted molar refractivity (Wildman–Crippen MR) is 109 cm³/mol. The minimum absolute atomic E-state index is 0.0184. The van der Waals surface area contributed by atoms with Gasteiger partial charge in [-0.15, -0.1) is 0 Å². The maximum atomic E-state index is 10.4. The normalized spacial score (nSPS) is 10.8. The maximum absolute atomic E-state index is 10.4. The van der Waals surface area contributed by atoms with Crippen molar-refractivity contribution in [2.24, 2.45) is 12.2 Å². The van der Waals surface area contributed by atoms with Gasteiger partial charge in [0.1, 0.15) is 18.0 Å². The van der Waals surface area contributed by atoms with E-state index in [1.165, 1.54) is 5.56 Å². The molecular weight excluding hydrogens is 354 g/mol. The first-order valence-electron chi connectivity index (χ1n) is 8.84. The van der Waals surface area contributed by atoms with Crippen LogP contribution in [0, 0.1) is 11.8 Å². The fraction of sp³-hybridized carbons (Fsp3) is 0.143. The van der Waals surface area contributed by atoms with Crippen LogP contribution >= 0.6 is 0 Å². The van der Waals surface area contributed by atoms with Gasteiger partial charge in [0.05, 0.1) is 16.7 Å². The number of nitroso groups, excluding NO2 is 1. The Bertz CT molecular complexity index is 1140. The summed E-state index contributed by atoms with van der Waals surface area (Å²) in [5.41, 5.74) is 4.56. The number of hydrogen-bond acceptors (Lipinski definition) is 6. The van der Waals surface area contributed by atoms with E-state index in [0.717, 1.165) is 22.7 Å². The molecule has 0 atom stereocenters. The third kappa shape index (κ3) is 3.68. The molecule has 0 bridgehead atoms. The van der Waals surface area contributed by atoms with E-state index >= 15 is 0 Å². The summed E-state index contributed by atoms with van der Waals surface area (Å²) in [5.74, 6) is 2.00. The lowest BCUT2D eigenvalue weighted by atomic mass is 10.2. The van der Waals surface area contributed by atoms with Crippen molar-refractivity contribution >= 4 is 22.7 Å². The molecule has 28 heavy (non-hydrogen) atoms. The highest BCUT2D eigenvalue weighted by molar-refractivity contribution is 5.81. The standard InChI is InChI=1S/C21H19N5O2/c1-14-3-5-15(6-4-14)24-21-25-19-12-17(7-8-20(19)26(21)2)28-18-9-10-22-16(11-18)13-23-27/h3-12H,13H2,1-2H3,(H,24,25). The van der Waals surface area contributed by atoms with Gasteiger partial charge in [-0.25, -0.2) is 4.98 Å². The van der Waals surface area contributed by atoms with Crippen molar-refractivity contribution in [2.75, 3.05) is 5.32 Å². The van der Waals surface area contributed by atoms with Crippen LogP contribution in [0.25, 0.3) is 11.0 Å². The summed E-state index contributed by atoms with van der Waals surface area (Å²) in [6.07, 6.45) is 1.60. The largest absolute Gasteiger partial charge is 0.457 e. The third-order valence-corrected chi connectivity index (χ3v) is 4.41. The average Bonchev–Trinajstić information content (AvgIpc) is 2.99. The summed E-state index contributed by atoms with van der Waals surface area (Å²) in [6, 6.07) is 17.3. The summed E-state index contributed by atoms with van der Waals surface area (Å²) in [6.45, 7) is 2.08. The summed E-state index contributed by atoms with van der Waals surface area (Å²) >= 11 is 0. The number of aromatic nitrogens is 3. The Morgan fingerprint density at radius 1 is 1.07 bits per heavy atom. The van der Waals surface area contributed by atoms with E-state index in [1.807, 2.05) is 41.9 Å². The second-order valence-electron chi connectivity index (χ2n) is 6.51. The van der Waals surface area contributed by atoms with Crippen molar-refractivity contribution in [3.8, 4) is 11.5 Å². The number of pyridine rings is 1. The predicted octanol–water partition coefficient (Wildman–Crippen LogP) is 5.08. The van der Waals surface area contributed by atoms with Gasteiger partial charge >= 0.3 is 0 Å². The van der Waals surface area contributed by atoms with E-state index in [-0.39, 0.29) is 6.54 Å². The van der Waals surface area contributed by atoms with Crippen LogP contribution in [0.3, 0.4) is 0 Å². The van der Waals surface area contributed by atoms with Gasteiger partial charge < -0.3 is 14.6 Å². The molecule has 4 aromatic rings. The van der Waals surface area contributed by atoms with Crippen molar-refractivity contribution in [1.29, 1.82) is 0 Å². The van der Waals surface area contributed by atoms with Gasteiger partial charge in [-0.2, -0.15) is 4.91 Å². The summed E-state index contributed by atoms with van der Waals surface area (Å²) in [7, 11) is 1.97. The lowest BCUT2D eigenvalue weighted by Gasteiger charge is -2.07. The van der Waals surface area contributed by atoms with Crippen molar-refractivity contribution in [1.82, 2.24) is 14.5 Å². The van der Waals surface area contributed by atoms with Crippen LogP contribution in [0.5, 0.6) is 11.5 Å². The molecule has 0 radical (unpaired) electrons. The molecule has 0 unspecified atom stereocenters. The quantitative estimate of drug-likeness (QED) is 0.477. The number of rotatable bonds is 6. The van der Waals surface area contributed by atoms with E-state index in [1.54, 1.807) is 18.3 Å². The molecule has 7 nitrogen and oxygen atoms in total. The fourth-order valence-corrected chi connectivity index (χ4v) is 2.93. The molecule has 140 valence electrons. The number of imidazole rings is 1. The van der Waals surface area contributed by atoms with E-state index in [4.69, 9.17) is 4.74 Å². The number of anilines is 2. The number of ether oxygens (including phenoxy) is 1. The van der Waals surface area contributed by atoms with Gasteiger partial charge in [0.25, 0.3) is 0 Å². The second-order valence-corrected chi connectivity index (χ2v) is 6.51. The van der Waals surface area contributed by atoms with Crippen LogP contribution in [0.1, 0.15) is 11.3 Å². The van der Waals surface area contributed by atoms with Gasteiger partial charge in [0, 0.05) is 31.1 Å². The molecule has 0 saturated heterocycles. The van der Waals surface area contributed by atoms with Crippen LogP contribution in [0.2, 0.25) is 0 Å². The lowest BCUT2D eigenvalue weighted by molar-refractivity contribution is 0.481. The lowest BCUT2D eigenvalue weighted by Crippen LogP contribution is -1.98. The molecule has 0 spiro atoms. The zero-order valence-corrected chi connectivity index (χ0v) is 15.6. The van der Waals surface area contributed by atoms with Crippen molar-refractivity contribution in [3.05, 3.63) is 77.0 Å². The van der Waals surface area contributed by atoms with E-state index in [9.17, 15) is 4.91 Å². The Labute approximate surface area is 162 Å². The van der Waals surface area contributed by atoms with Gasteiger partial charge in [0.15, 0.2) is 0 Å². The Morgan fingerprint density at radius 3 is 2.64 bits per heavy atom. The topological polar surface area (TPSA) is 81.4 Å². The second kappa shape index (κ2) is 7.48. The minimum Gasteiger partial charge on any atom is -0.457 e. The highest BCUT2D eigenvalue weighted by Gasteiger charge is 2.10. The number of benzene rings is 2. The Morgan fingerprint density at radius 2 is 1.86 bits per heavy atom. The van der Waals surface area contributed by atoms with E-state index < -0.39 is 0 Å². The molecular formula is C21H19N5O2. The third-order valence-electron chi connectivity index (χ3n) is 4.41. The Hall–Kier alpha value is -3.74. The van der Waals surface area contributed by atoms with E-state index in [2.05, 4.69) is 39.5 Å². The molecule has 2 heterocycles. The zero-order chi connectivity index (χ0) is 19.5. The van der Waals surface area contributed by atoms with Gasteiger partial charge in [-0.05, 0) is 37.3 Å². The number of nitrogens with one attached hydrogen (secondary N) is 1. The zero-order valence-electron chi connectivity index (χ0n) is 15.6. The van der Waals surface area contributed by atoms with E-state index in [0.29, 0.717) is 17.2 Å². The van der Waals surface area contributed by atoms with Gasteiger partial charge in [0.2, 0.25) is 5.95 Å². The van der Waals surface area contributed by atoms with Gasteiger partial charge in [-0.3, -0.25) is 4.98 Å². The number of hydrogen-bond donors (Lipinski definition) is 1. The Kier molecular flexibility index (Phi) is 4.72. The molecule has 0 saturated carbocycles. The smallest absolute Gasteiger partial charge is 0.208 e. The minimum atomic E-state index is 0.0184. The first-order valence-corrected chi connectivity index (χ1v) is 8.84. The monoisotopic (exact) mass is 373 g/mol. The van der Waals surface area contributed by atoms with Crippen molar-refractivity contribution in [2.45, 2.75) is 13.5 Å². The van der Waals surface area contributed by atoms with Crippen LogP contribution in [-0.4, -0.2) is 14.5 Å². The molecule has 2 aromatic carbocycles. The van der Waals surface area contributed by atoms with Crippen LogP contribution < -0.4 is 10.1 Å². The molecule has 0 aliphatic carbocycles. The number of aryl methyl sites for hydroxylation is 2. The molecule has 2 aromatic heterocycles. The molecule has 0 aliphatic rings. The SMILES string of the molecule is Cc1ccc(Nc2nc3cc(Oc4ccnc(CN=O)c4)ccc3n2C)cc1. The van der Waals surface area contributed by atoms with Crippen molar-refractivity contribution in [3.63, 3.8) is 0 Å². The summed E-state index contributed by atoms with van der Waals surface area (Å²) in [4.78, 5) is 19.2. The molecule has 7 heteroatoms. The van der Waals surface area contributed by atoms with Crippen LogP contribution in [0.4, 0.5) is 11.6 Å². The fourth-order valence-electron chi connectivity index (χ4n) is 2.93. The number of nitrogens with zero attached hydrogens (tertiary/aromatic N) is 4. The molecule has 0 aliphatic heterocycles. The van der Waals surface area contributed by atoms with Gasteiger partial charge in [-0.1, -0.05) is 22.9 Å². The van der Waals surface area contributed by atoms with Crippen LogP contribution in [-0.2, 0) is 13.6 Å². The Balaban J connectivity index is 1.59. The highest BCUT2D eigenvalue weighted by atomic mass is 16.5. The summed E-state index contributed by atoms with van der Waals surface area (Å²) in [5, 5.41) is 6.20. The molecule has 0 fully saturated rings. The summed E-state index contributed by atoms with van der Waals surface area (Å²) < 4.78 is 7.90. The maximum Gasteiger partial charge on any atom is 0.208 e. The first-order chi connectivity index (χ1) is 13.6. The van der Waals surface area contributed by atoms with Crippen LogP contribution in [0.15, 0.2) is 66.0 Å². The molecule has 0 amide bonds. The first kappa shape index (κ1) is 17.7.